The third kappa shape index (κ3) is 2.38. The van der Waals surface area contributed by atoms with Crippen LogP contribution in [-0.2, 0) is 4.79 Å². The van der Waals surface area contributed by atoms with Crippen LogP contribution in [0.1, 0.15) is 11.7 Å². The Kier molecular flexibility index (Phi) is 3.51. The minimum Gasteiger partial charge on any atom is -0.497 e. The van der Waals surface area contributed by atoms with Gasteiger partial charge in [-0.15, -0.1) is 0 Å². The van der Waals surface area contributed by atoms with Crippen molar-refractivity contribution in [3.63, 3.8) is 0 Å². The highest BCUT2D eigenvalue weighted by Crippen LogP contribution is 2.29. The average Bonchev–Trinajstić information content (AvgIpc) is 2.27. The fourth-order valence-electron chi connectivity index (χ4n) is 1.19. The van der Waals surface area contributed by atoms with Crippen molar-refractivity contribution in [2.45, 2.75) is 6.10 Å². The van der Waals surface area contributed by atoms with Gasteiger partial charge in [0.15, 0.2) is 6.10 Å². The molecule has 0 radical (unpaired) electrons. The van der Waals surface area contributed by atoms with Crippen LogP contribution in [0.4, 0.5) is 0 Å². The summed E-state index contributed by atoms with van der Waals surface area (Å²) in [6.07, 6.45) is -1.62. The van der Waals surface area contributed by atoms with Gasteiger partial charge in [0.05, 0.1) is 14.2 Å². The molecule has 0 fully saturated rings. The van der Waals surface area contributed by atoms with Gasteiger partial charge in [0.1, 0.15) is 11.5 Å². The molecule has 0 aliphatic heterocycles. The number of benzene rings is 1. The first-order valence-electron chi connectivity index (χ1n) is 4.23. The molecule has 1 aromatic rings. The first-order valence-corrected chi connectivity index (χ1v) is 4.23. The number of aliphatic carboxylic acids is 1. The molecule has 1 atom stereocenters. The molecule has 0 aromatic heterocycles. The summed E-state index contributed by atoms with van der Waals surface area (Å²) in [6, 6.07) is 4.59. The lowest BCUT2D eigenvalue weighted by Gasteiger charge is -2.12. The molecule has 1 aromatic carbocycles. The Hall–Kier alpha value is -1.75. The number of carboxylic acids is 1. The Morgan fingerprint density at radius 2 is 2.00 bits per heavy atom. The number of aliphatic hydroxyl groups excluding tert-OH is 1. The second kappa shape index (κ2) is 4.65. The van der Waals surface area contributed by atoms with Gasteiger partial charge in [-0.2, -0.15) is 0 Å². The van der Waals surface area contributed by atoms with Crippen molar-refractivity contribution in [2.75, 3.05) is 14.2 Å². The van der Waals surface area contributed by atoms with Gasteiger partial charge in [-0.1, -0.05) is 0 Å². The molecule has 0 heterocycles. The van der Waals surface area contributed by atoms with E-state index in [2.05, 4.69) is 0 Å². The zero-order chi connectivity index (χ0) is 11.4. The van der Waals surface area contributed by atoms with E-state index in [1.807, 2.05) is 0 Å². The van der Waals surface area contributed by atoms with E-state index in [4.69, 9.17) is 14.6 Å². The van der Waals surface area contributed by atoms with Gasteiger partial charge >= 0.3 is 5.97 Å². The van der Waals surface area contributed by atoms with E-state index in [1.54, 1.807) is 12.1 Å². The lowest BCUT2D eigenvalue weighted by Crippen LogP contribution is -2.11. The minimum absolute atomic E-state index is 0.171. The maximum absolute atomic E-state index is 10.6. The van der Waals surface area contributed by atoms with Gasteiger partial charge in [-0.05, 0) is 18.2 Å². The van der Waals surface area contributed by atoms with Gasteiger partial charge in [-0.25, -0.2) is 4.79 Å². The van der Waals surface area contributed by atoms with Crippen LogP contribution in [0.5, 0.6) is 11.5 Å². The molecule has 0 saturated heterocycles. The van der Waals surface area contributed by atoms with Gasteiger partial charge in [0.25, 0.3) is 0 Å². The van der Waals surface area contributed by atoms with E-state index in [1.165, 1.54) is 20.3 Å². The van der Waals surface area contributed by atoms with E-state index in [9.17, 15) is 9.90 Å². The first kappa shape index (κ1) is 11.3. The SMILES string of the molecule is COc1ccc(OC)c([C@H](O)C(=O)O)c1. The summed E-state index contributed by atoms with van der Waals surface area (Å²) in [5.74, 6) is -0.557. The number of carbonyl (C=O) groups is 1. The summed E-state index contributed by atoms with van der Waals surface area (Å²) in [4.78, 5) is 10.6. The maximum atomic E-state index is 10.6. The van der Waals surface area contributed by atoms with E-state index < -0.39 is 12.1 Å². The van der Waals surface area contributed by atoms with Crippen molar-refractivity contribution < 1.29 is 24.5 Å². The largest absolute Gasteiger partial charge is 0.497 e. The van der Waals surface area contributed by atoms with Gasteiger partial charge < -0.3 is 19.7 Å². The zero-order valence-electron chi connectivity index (χ0n) is 8.43. The molecule has 0 amide bonds. The van der Waals surface area contributed by atoms with Crippen LogP contribution in [0.2, 0.25) is 0 Å². The third-order valence-electron chi connectivity index (χ3n) is 1.97. The van der Waals surface area contributed by atoms with E-state index in [-0.39, 0.29) is 5.56 Å². The number of hydrogen-bond acceptors (Lipinski definition) is 4. The Morgan fingerprint density at radius 1 is 1.33 bits per heavy atom. The van der Waals surface area contributed by atoms with Crippen LogP contribution < -0.4 is 9.47 Å². The molecule has 82 valence electrons. The summed E-state index contributed by atoms with van der Waals surface area (Å²) < 4.78 is 9.86. The van der Waals surface area contributed by atoms with E-state index >= 15 is 0 Å². The summed E-state index contributed by atoms with van der Waals surface area (Å²) >= 11 is 0. The Morgan fingerprint density at radius 3 is 2.47 bits per heavy atom. The zero-order valence-corrected chi connectivity index (χ0v) is 8.43. The summed E-state index contributed by atoms with van der Waals surface area (Å²) in [6.45, 7) is 0. The molecule has 0 spiro atoms. The van der Waals surface area contributed by atoms with Crippen molar-refractivity contribution in [2.24, 2.45) is 0 Å². The van der Waals surface area contributed by atoms with Gasteiger partial charge in [-0.3, -0.25) is 0 Å². The fourth-order valence-corrected chi connectivity index (χ4v) is 1.19. The smallest absolute Gasteiger partial charge is 0.337 e. The van der Waals surface area contributed by atoms with Crippen LogP contribution >= 0.6 is 0 Å². The summed E-state index contributed by atoms with van der Waals surface area (Å²) in [5.41, 5.74) is 0.171. The maximum Gasteiger partial charge on any atom is 0.337 e. The van der Waals surface area contributed by atoms with Crippen LogP contribution in [-0.4, -0.2) is 30.4 Å². The molecule has 5 nitrogen and oxygen atoms in total. The highest BCUT2D eigenvalue weighted by Gasteiger charge is 2.20. The van der Waals surface area contributed by atoms with Crippen molar-refractivity contribution in [3.8, 4) is 11.5 Å². The topological polar surface area (TPSA) is 76.0 Å². The van der Waals surface area contributed by atoms with Crippen molar-refractivity contribution >= 4 is 5.97 Å². The third-order valence-corrected chi connectivity index (χ3v) is 1.97. The van der Waals surface area contributed by atoms with E-state index in [0.717, 1.165) is 0 Å². The Balaban J connectivity index is 3.16. The van der Waals surface area contributed by atoms with Gasteiger partial charge in [0.2, 0.25) is 0 Å². The van der Waals surface area contributed by atoms with Crippen molar-refractivity contribution in [1.29, 1.82) is 0 Å². The molecule has 2 N–H and O–H groups in total. The lowest BCUT2D eigenvalue weighted by molar-refractivity contribution is -0.147. The van der Waals surface area contributed by atoms with Crippen LogP contribution in [0.25, 0.3) is 0 Å². The number of aliphatic hydroxyl groups is 1. The molecule has 0 bridgehead atoms. The highest BCUT2D eigenvalue weighted by atomic mass is 16.5. The predicted octanol–water partition coefficient (Wildman–Crippen LogP) is 0.822. The fraction of sp³-hybridized carbons (Fsp3) is 0.300. The molecule has 0 aliphatic rings. The molecular formula is C10H12O5. The number of methoxy groups -OCH3 is 2. The van der Waals surface area contributed by atoms with Crippen molar-refractivity contribution in [1.82, 2.24) is 0 Å². The molecular weight excluding hydrogens is 200 g/mol. The quantitative estimate of drug-likeness (QED) is 0.772. The Labute approximate surface area is 86.9 Å². The number of hydrogen-bond donors (Lipinski definition) is 2. The summed E-state index contributed by atoms with van der Waals surface area (Å²) in [5, 5.41) is 18.1. The first-order chi connectivity index (χ1) is 7.10. The van der Waals surface area contributed by atoms with E-state index in [0.29, 0.717) is 11.5 Å². The monoisotopic (exact) mass is 212 g/mol. The van der Waals surface area contributed by atoms with Crippen LogP contribution in [0.15, 0.2) is 18.2 Å². The molecule has 0 saturated carbocycles. The number of rotatable bonds is 4. The predicted molar refractivity (Wildman–Crippen MR) is 52.1 cm³/mol. The number of carboxylic acid groups (broad SMARTS) is 1. The molecule has 1 rings (SSSR count). The normalized spacial score (nSPS) is 11.9. The second-order valence-electron chi connectivity index (χ2n) is 2.85. The molecule has 5 heteroatoms. The molecule has 15 heavy (non-hydrogen) atoms. The van der Waals surface area contributed by atoms with Crippen LogP contribution in [0, 0.1) is 0 Å². The average molecular weight is 212 g/mol. The highest BCUT2D eigenvalue weighted by molar-refractivity contribution is 5.75. The Bertz CT molecular complexity index is 361. The molecule has 0 unspecified atom stereocenters. The lowest BCUT2D eigenvalue weighted by atomic mass is 10.1. The van der Waals surface area contributed by atoms with Gasteiger partial charge in [0, 0.05) is 5.56 Å². The van der Waals surface area contributed by atoms with Crippen LogP contribution in [0.3, 0.4) is 0 Å². The van der Waals surface area contributed by atoms with Crippen molar-refractivity contribution in [3.05, 3.63) is 23.8 Å². The second-order valence-corrected chi connectivity index (χ2v) is 2.85. The summed E-state index contributed by atoms with van der Waals surface area (Å²) in [7, 11) is 2.86. The minimum atomic E-state index is -1.62. The number of ether oxygens (including phenoxy) is 2. The standard InChI is InChI=1S/C10H12O5/c1-14-6-3-4-8(15-2)7(5-6)9(11)10(12)13/h3-5,9,11H,1-2H3,(H,12,13)/t9-/m0/s1. The molecule has 0 aliphatic carbocycles.